The Morgan fingerprint density at radius 1 is 0.273 bits per heavy atom. The highest BCUT2D eigenvalue weighted by Gasteiger charge is 2.19. The maximum absolute atomic E-state index is 12.9. The maximum atomic E-state index is 12.9. The average Bonchev–Trinajstić information content (AvgIpc) is 3.43. The van der Waals surface area contributed by atoms with Gasteiger partial charge in [0, 0.05) is 19.3 Å². The van der Waals surface area contributed by atoms with Crippen molar-refractivity contribution in [2.75, 3.05) is 13.2 Å². The Balaban J connectivity index is 4.31. The monoisotopic (exact) mass is 1070 g/mol. The maximum Gasteiger partial charge on any atom is 0.306 e. The fourth-order valence-corrected chi connectivity index (χ4v) is 8.63. The molecule has 0 N–H and O–H groups in total. The van der Waals surface area contributed by atoms with Crippen LogP contribution in [0.1, 0.15) is 290 Å². The molecule has 0 aliphatic rings. The molecule has 0 bridgehead atoms. The van der Waals surface area contributed by atoms with Gasteiger partial charge in [0.1, 0.15) is 13.2 Å². The van der Waals surface area contributed by atoms with Crippen molar-refractivity contribution in [2.45, 2.75) is 297 Å². The Labute approximate surface area is 475 Å². The number of esters is 3. The average molecular weight is 1070 g/mol. The van der Waals surface area contributed by atoms with E-state index in [1.54, 1.807) is 0 Å². The topological polar surface area (TPSA) is 78.9 Å². The van der Waals surface area contributed by atoms with E-state index in [0.29, 0.717) is 19.3 Å². The third-order valence-electron chi connectivity index (χ3n) is 13.4. The van der Waals surface area contributed by atoms with Gasteiger partial charge in [-0.25, -0.2) is 0 Å². The molecular formula is C71H118O6. The molecule has 0 aliphatic heterocycles. The molecule has 0 aliphatic carbocycles. The van der Waals surface area contributed by atoms with Gasteiger partial charge in [0.15, 0.2) is 6.10 Å². The zero-order valence-corrected chi connectivity index (χ0v) is 50.2. The summed E-state index contributed by atoms with van der Waals surface area (Å²) in [5.74, 6) is -0.912. The van der Waals surface area contributed by atoms with Gasteiger partial charge in [-0.1, -0.05) is 264 Å². The van der Waals surface area contributed by atoms with Crippen molar-refractivity contribution in [3.05, 3.63) is 122 Å². The summed E-state index contributed by atoms with van der Waals surface area (Å²) in [6, 6.07) is 0. The Morgan fingerprint density at radius 2 is 0.532 bits per heavy atom. The Kier molecular flexibility index (Phi) is 60.8. The van der Waals surface area contributed by atoms with Crippen LogP contribution in [0.5, 0.6) is 0 Å². The minimum Gasteiger partial charge on any atom is -0.462 e. The first-order valence-corrected chi connectivity index (χ1v) is 32.0. The summed E-state index contributed by atoms with van der Waals surface area (Å²) >= 11 is 0. The van der Waals surface area contributed by atoms with Gasteiger partial charge >= 0.3 is 17.9 Å². The van der Waals surface area contributed by atoms with E-state index in [1.165, 1.54) is 109 Å². The third kappa shape index (κ3) is 62.5. The first kappa shape index (κ1) is 72.8. The molecule has 1 atom stereocenters. The van der Waals surface area contributed by atoms with Gasteiger partial charge in [0.25, 0.3) is 0 Å². The predicted molar refractivity (Wildman–Crippen MR) is 334 cm³/mol. The Bertz CT molecular complexity index is 1600. The predicted octanol–water partition coefficient (Wildman–Crippen LogP) is 22.0. The van der Waals surface area contributed by atoms with Crippen molar-refractivity contribution in [1.29, 1.82) is 0 Å². The molecule has 0 aromatic rings. The number of hydrogen-bond donors (Lipinski definition) is 0. The van der Waals surface area contributed by atoms with Crippen LogP contribution in [0.15, 0.2) is 122 Å². The van der Waals surface area contributed by atoms with Gasteiger partial charge in [-0.15, -0.1) is 0 Å². The Hall–Kier alpha value is -4.19. The molecule has 0 saturated heterocycles. The quantitative estimate of drug-likeness (QED) is 0.0261. The summed E-state index contributed by atoms with van der Waals surface area (Å²) in [4.78, 5) is 38.3. The van der Waals surface area contributed by atoms with Crippen molar-refractivity contribution < 1.29 is 28.6 Å². The molecule has 77 heavy (non-hydrogen) atoms. The van der Waals surface area contributed by atoms with Crippen LogP contribution in [-0.2, 0) is 28.6 Å². The summed E-state index contributed by atoms with van der Waals surface area (Å²) in [5.41, 5.74) is 0. The van der Waals surface area contributed by atoms with Crippen molar-refractivity contribution >= 4 is 17.9 Å². The van der Waals surface area contributed by atoms with E-state index >= 15 is 0 Å². The highest BCUT2D eigenvalue weighted by atomic mass is 16.6. The lowest BCUT2D eigenvalue weighted by atomic mass is 10.1. The molecule has 0 rings (SSSR count). The molecule has 6 heteroatoms. The number of carbonyl (C=O) groups is 3. The number of hydrogen-bond acceptors (Lipinski definition) is 6. The second-order valence-corrected chi connectivity index (χ2v) is 20.9. The van der Waals surface area contributed by atoms with E-state index < -0.39 is 6.10 Å². The minimum atomic E-state index is -0.793. The van der Waals surface area contributed by atoms with Crippen LogP contribution in [0.4, 0.5) is 0 Å². The van der Waals surface area contributed by atoms with E-state index in [0.717, 1.165) is 141 Å². The highest BCUT2D eigenvalue weighted by Crippen LogP contribution is 2.15. The zero-order chi connectivity index (χ0) is 55.7. The van der Waals surface area contributed by atoms with E-state index in [4.69, 9.17) is 14.2 Å². The molecule has 6 nitrogen and oxygen atoms in total. The first-order valence-electron chi connectivity index (χ1n) is 32.0. The Morgan fingerprint density at radius 3 is 0.844 bits per heavy atom. The smallest absolute Gasteiger partial charge is 0.306 e. The summed E-state index contributed by atoms with van der Waals surface area (Å²) in [7, 11) is 0. The minimum absolute atomic E-state index is 0.0896. The lowest BCUT2D eigenvalue weighted by Crippen LogP contribution is -2.30. The summed E-state index contributed by atoms with van der Waals surface area (Å²) in [5, 5.41) is 0. The van der Waals surface area contributed by atoms with Gasteiger partial charge in [0.2, 0.25) is 0 Å². The number of rotatable bonds is 57. The van der Waals surface area contributed by atoms with Crippen LogP contribution >= 0.6 is 0 Å². The normalized spacial score (nSPS) is 12.9. The lowest BCUT2D eigenvalue weighted by Gasteiger charge is -2.18. The molecule has 1 unspecified atom stereocenters. The van der Waals surface area contributed by atoms with Crippen molar-refractivity contribution in [3.8, 4) is 0 Å². The van der Waals surface area contributed by atoms with Crippen LogP contribution in [-0.4, -0.2) is 37.2 Å². The van der Waals surface area contributed by atoms with Crippen LogP contribution in [0.25, 0.3) is 0 Å². The number of unbranched alkanes of at least 4 members (excludes halogenated alkanes) is 26. The second-order valence-electron chi connectivity index (χ2n) is 20.9. The number of carbonyl (C=O) groups excluding carboxylic acids is 3. The highest BCUT2D eigenvalue weighted by molar-refractivity contribution is 5.71. The standard InChI is InChI=1S/C71H118O6/c1-4-7-10-13-16-19-22-25-27-29-30-31-32-33-34-35-36-37-38-39-40-42-43-46-49-52-55-58-61-64-70(73)76-67-68(66-75-69(72)63-60-57-54-51-48-45-24-21-18-15-12-9-6-3)77-71(74)65-62-59-56-53-50-47-44-41-28-26-23-20-17-14-11-8-5-2/h7,10,12,15-17,19-21,24-28,30-31,33-34,36-37,68H,4-6,8-9,11,13-14,18,22-23,29,32,35,38-67H2,1-3H3/b10-7-,15-12-,19-16-,20-17-,24-21-,27-25-,28-26-,31-30-,34-33-,37-36-. The first-order chi connectivity index (χ1) is 38.0. The second kappa shape index (κ2) is 64.3. The molecule has 0 aromatic carbocycles. The lowest BCUT2D eigenvalue weighted by molar-refractivity contribution is -0.167. The van der Waals surface area contributed by atoms with Crippen LogP contribution in [0, 0.1) is 0 Å². The van der Waals surface area contributed by atoms with Crippen LogP contribution in [0.3, 0.4) is 0 Å². The number of ether oxygens (including phenoxy) is 3. The summed E-state index contributed by atoms with van der Waals surface area (Å²) in [6.45, 7) is 6.43. The molecule has 0 spiro atoms. The van der Waals surface area contributed by atoms with E-state index in [-0.39, 0.29) is 31.1 Å². The molecule has 0 heterocycles. The zero-order valence-electron chi connectivity index (χ0n) is 50.2. The van der Waals surface area contributed by atoms with E-state index in [1.807, 2.05) is 0 Å². The van der Waals surface area contributed by atoms with Crippen LogP contribution in [0.2, 0.25) is 0 Å². The van der Waals surface area contributed by atoms with Crippen molar-refractivity contribution in [2.24, 2.45) is 0 Å². The molecule has 0 saturated carbocycles. The van der Waals surface area contributed by atoms with Gasteiger partial charge in [0.05, 0.1) is 0 Å². The van der Waals surface area contributed by atoms with Gasteiger partial charge < -0.3 is 14.2 Å². The molecule has 438 valence electrons. The fourth-order valence-electron chi connectivity index (χ4n) is 8.63. The van der Waals surface area contributed by atoms with Gasteiger partial charge in [-0.3, -0.25) is 14.4 Å². The van der Waals surface area contributed by atoms with Crippen molar-refractivity contribution in [3.63, 3.8) is 0 Å². The summed E-state index contributed by atoms with van der Waals surface area (Å²) < 4.78 is 16.9. The molecule has 0 radical (unpaired) electrons. The largest absolute Gasteiger partial charge is 0.462 e. The molecule has 0 fully saturated rings. The molecular weight excluding hydrogens is 949 g/mol. The van der Waals surface area contributed by atoms with E-state index in [9.17, 15) is 14.4 Å². The summed E-state index contributed by atoms with van der Waals surface area (Å²) in [6.07, 6.45) is 89.1. The van der Waals surface area contributed by atoms with Crippen LogP contribution < -0.4 is 0 Å². The number of allylic oxidation sites excluding steroid dienone is 20. The van der Waals surface area contributed by atoms with Gasteiger partial charge in [-0.05, 0) is 128 Å². The third-order valence-corrected chi connectivity index (χ3v) is 13.4. The molecule has 0 amide bonds. The van der Waals surface area contributed by atoms with E-state index in [2.05, 4.69) is 142 Å². The van der Waals surface area contributed by atoms with Gasteiger partial charge in [-0.2, -0.15) is 0 Å². The SMILES string of the molecule is CC/C=C\C/C=C\C/C=C\C/C=C\C/C=C\C/C=C\CCCCCCCCCCCCC(=O)OCC(COC(=O)CCCCCCC/C=C\C/C=C\CCC)OC(=O)CCCCCCCCC/C=C\C/C=C\CCCCC. The fraction of sp³-hybridized carbons (Fsp3) is 0.676. The molecule has 0 aromatic heterocycles. The van der Waals surface area contributed by atoms with Crippen molar-refractivity contribution in [1.82, 2.24) is 0 Å².